The van der Waals surface area contributed by atoms with Crippen LogP contribution < -0.4 is 0 Å². The fourth-order valence-corrected chi connectivity index (χ4v) is 3.62. The summed E-state index contributed by atoms with van der Waals surface area (Å²) in [6, 6.07) is 0.0523. The van der Waals surface area contributed by atoms with Gasteiger partial charge in [0.05, 0.1) is 6.54 Å². The summed E-state index contributed by atoms with van der Waals surface area (Å²) >= 11 is 0. The van der Waals surface area contributed by atoms with Gasteiger partial charge in [0, 0.05) is 58.3 Å². The highest BCUT2D eigenvalue weighted by Gasteiger charge is 2.32. The molecule has 0 saturated carbocycles. The van der Waals surface area contributed by atoms with Crippen LogP contribution in [-0.4, -0.2) is 96.9 Å². The van der Waals surface area contributed by atoms with Crippen molar-refractivity contribution in [2.45, 2.75) is 33.1 Å². The Morgan fingerprint density at radius 2 is 1.52 bits per heavy atom. The smallest absolute Gasteiger partial charge is 0.319 e. The highest BCUT2D eigenvalue weighted by atomic mass is 19.3. The number of carbonyl (C=O) groups is 2. The number of piperazine rings is 1. The van der Waals surface area contributed by atoms with Crippen molar-refractivity contribution in [1.29, 1.82) is 0 Å². The molecule has 25 heavy (non-hydrogen) atoms. The van der Waals surface area contributed by atoms with Crippen molar-refractivity contribution in [3.05, 3.63) is 0 Å². The number of nitrogens with zero attached hydrogens (tertiary/aromatic N) is 4. The second-order valence-corrected chi connectivity index (χ2v) is 6.73. The molecule has 0 unspecified atom stereocenters. The first-order chi connectivity index (χ1) is 12.0. The van der Waals surface area contributed by atoms with E-state index in [9.17, 15) is 18.4 Å². The minimum atomic E-state index is -2.32. The van der Waals surface area contributed by atoms with Gasteiger partial charge in [-0.2, -0.15) is 0 Å². The highest BCUT2D eigenvalue weighted by Crippen LogP contribution is 2.21. The van der Waals surface area contributed by atoms with E-state index < -0.39 is 6.43 Å². The Morgan fingerprint density at radius 1 is 0.960 bits per heavy atom. The molecule has 144 valence electrons. The summed E-state index contributed by atoms with van der Waals surface area (Å²) in [7, 11) is 0. The van der Waals surface area contributed by atoms with Crippen LogP contribution >= 0.6 is 0 Å². The first kappa shape index (κ1) is 19.9. The van der Waals surface area contributed by atoms with Gasteiger partial charge in [0.2, 0.25) is 5.91 Å². The van der Waals surface area contributed by atoms with Crippen LogP contribution in [0, 0.1) is 5.92 Å². The van der Waals surface area contributed by atoms with Crippen molar-refractivity contribution in [3.63, 3.8) is 0 Å². The highest BCUT2D eigenvalue weighted by molar-refractivity contribution is 5.80. The number of halogens is 2. The maximum atomic E-state index is 12.7. The fraction of sp³-hybridized carbons (Fsp3) is 0.882. The summed E-state index contributed by atoms with van der Waals surface area (Å²) in [5, 5.41) is 0. The molecule has 6 nitrogen and oxygen atoms in total. The number of piperidine rings is 1. The third-order valence-corrected chi connectivity index (χ3v) is 5.23. The Bertz CT molecular complexity index is 444. The van der Waals surface area contributed by atoms with Crippen LogP contribution in [0.1, 0.15) is 26.7 Å². The quantitative estimate of drug-likeness (QED) is 0.748. The van der Waals surface area contributed by atoms with E-state index in [0.29, 0.717) is 65.2 Å². The lowest BCUT2D eigenvalue weighted by atomic mass is 9.95. The number of hydrogen-bond donors (Lipinski definition) is 0. The van der Waals surface area contributed by atoms with E-state index in [1.807, 2.05) is 18.7 Å². The lowest BCUT2D eigenvalue weighted by Gasteiger charge is -2.39. The van der Waals surface area contributed by atoms with E-state index in [-0.39, 0.29) is 24.4 Å². The molecule has 2 fully saturated rings. The van der Waals surface area contributed by atoms with Crippen LogP contribution in [0.5, 0.6) is 0 Å². The number of amides is 3. The summed E-state index contributed by atoms with van der Waals surface area (Å²) in [5.41, 5.74) is 0. The summed E-state index contributed by atoms with van der Waals surface area (Å²) in [4.78, 5) is 32.1. The van der Waals surface area contributed by atoms with E-state index in [0.717, 1.165) is 0 Å². The molecule has 0 aromatic heterocycles. The Kier molecular flexibility index (Phi) is 7.40. The normalized spacial score (nSPS) is 20.2. The molecule has 0 aromatic rings. The van der Waals surface area contributed by atoms with Crippen LogP contribution in [0.2, 0.25) is 0 Å². The molecule has 0 atom stereocenters. The number of urea groups is 1. The summed E-state index contributed by atoms with van der Waals surface area (Å²) in [5.74, 6) is 0.0639. The van der Waals surface area contributed by atoms with Gasteiger partial charge < -0.3 is 14.7 Å². The second kappa shape index (κ2) is 9.31. The van der Waals surface area contributed by atoms with Crippen molar-refractivity contribution < 1.29 is 18.4 Å². The monoisotopic (exact) mass is 360 g/mol. The van der Waals surface area contributed by atoms with Gasteiger partial charge in [-0.25, -0.2) is 13.6 Å². The molecule has 2 aliphatic rings. The minimum Gasteiger partial charge on any atom is -0.340 e. The van der Waals surface area contributed by atoms with Gasteiger partial charge in [-0.1, -0.05) is 0 Å². The predicted octanol–water partition coefficient (Wildman–Crippen LogP) is 1.57. The maximum Gasteiger partial charge on any atom is 0.319 e. The first-order valence-corrected chi connectivity index (χ1v) is 9.29. The molecule has 8 heteroatoms. The summed E-state index contributed by atoms with van der Waals surface area (Å²) < 4.78 is 24.8. The van der Waals surface area contributed by atoms with E-state index in [4.69, 9.17) is 0 Å². The first-order valence-electron chi connectivity index (χ1n) is 9.29. The molecule has 0 bridgehead atoms. The lowest BCUT2D eigenvalue weighted by Crippen LogP contribution is -2.53. The lowest BCUT2D eigenvalue weighted by molar-refractivity contribution is -0.138. The van der Waals surface area contributed by atoms with E-state index in [2.05, 4.69) is 0 Å². The predicted molar refractivity (Wildman–Crippen MR) is 91.6 cm³/mol. The molecule has 2 aliphatic heterocycles. The zero-order valence-electron chi connectivity index (χ0n) is 15.3. The van der Waals surface area contributed by atoms with E-state index in [1.54, 1.807) is 14.7 Å². The van der Waals surface area contributed by atoms with Gasteiger partial charge in [-0.3, -0.25) is 9.69 Å². The third-order valence-electron chi connectivity index (χ3n) is 5.23. The van der Waals surface area contributed by atoms with Crippen LogP contribution in [0.15, 0.2) is 0 Å². The summed E-state index contributed by atoms with van der Waals surface area (Å²) in [6.07, 6.45) is -0.957. The van der Waals surface area contributed by atoms with Crippen molar-refractivity contribution >= 4 is 11.9 Å². The Morgan fingerprint density at radius 3 is 2.00 bits per heavy atom. The van der Waals surface area contributed by atoms with E-state index in [1.165, 1.54) is 0 Å². The minimum absolute atomic E-state index is 0.0523. The van der Waals surface area contributed by atoms with Crippen molar-refractivity contribution in [2.75, 3.05) is 58.9 Å². The second-order valence-electron chi connectivity index (χ2n) is 6.73. The van der Waals surface area contributed by atoms with Gasteiger partial charge in [-0.15, -0.1) is 0 Å². The van der Waals surface area contributed by atoms with Crippen molar-refractivity contribution in [2.24, 2.45) is 5.92 Å². The number of hydrogen-bond acceptors (Lipinski definition) is 3. The van der Waals surface area contributed by atoms with Gasteiger partial charge in [0.15, 0.2) is 0 Å². The van der Waals surface area contributed by atoms with Crippen LogP contribution in [0.4, 0.5) is 13.6 Å². The maximum absolute atomic E-state index is 12.7. The van der Waals surface area contributed by atoms with Gasteiger partial charge in [0.25, 0.3) is 6.43 Å². The van der Waals surface area contributed by atoms with Crippen molar-refractivity contribution in [1.82, 2.24) is 19.6 Å². The number of likely N-dealkylation sites (tertiary alicyclic amines) is 1. The molecule has 0 aromatic carbocycles. The number of carbonyl (C=O) groups excluding carboxylic acids is 2. The van der Waals surface area contributed by atoms with Crippen LogP contribution in [0.3, 0.4) is 0 Å². The van der Waals surface area contributed by atoms with Gasteiger partial charge in [-0.05, 0) is 26.7 Å². The molecule has 0 radical (unpaired) electrons. The Hall–Kier alpha value is -1.44. The number of alkyl halides is 2. The van der Waals surface area contributed by atoms with Crippen LogP contribution in [-0.2, 0) is 4.79 Å². The molecule has 2 rings (SSSR count). The third kappa shape index (κ3) is 5.26. The molecule has 0 N–H and O–H groups in total. The van der Waals surface area contributed by atoms with E-state index >= 15 is 0 Å². The standard InChI is InChI=1S/C17H30F2N4O2/c1-3-21(4-2)17(25)23-7-5-14(6-8-23)16(24)22-11-9-20(10-12-22)13-15(18)19/h14-15H,3-13H2,1-2H3. The molecule has 2 heterocycles. The SMILES string of the molecule is CCN(CC)C(=O)N1CCC(C(=O)N2CCN(CC(F)F)CC2)CC1. The zero-order chi connectivity index (χ0) is 18.4. The molecule has 0 spiro atoms. The topological polar surface area (TPSA) is 47.1 Å². The molecule has 3 amide bonds. The average molecular weight is 360 g/mol. The molecular formula is C17H30F2N4O2. The largest absolute Gasteiger partial charge is 0.340 e. The molecule has 0 aliphatic carbocycles. The Balaban J connectivity index is 1.77. The van der Waals surface area contributed by atoms with Gasteiger partial charge >= 0.3 is 6.03 Å². The zero-order valence-corrected chi connectivity index (χ0v) is 15.3. The van der Waals surface area contributed by atoms with Crippen molar-refractivity contribution in [3.8, 4) is 0 Å². The average Bonchev–Trinajstić information content (AvgIpc) is 2.62. The Labute approximate surface area is 148 Å². The van der Waals surface area contributed by atoms with Crippen LogP contribution in [0.25, 0.3) is 0 Å². The van der Waals surface area contributed by atoms with Gasteiger partial charge in [0.1, 0.15) is 0 Å². The fourth-order valence-electron chi connectivity index (χ4n) is 3.62. The number of rotatable bonds is 5. The molecule has 2 saturated heterocycles. The summed E-state index contributed by atoms with van der Waals surface area (Å²) in [6.45, 7) is 8.37. The molecular weight excluding hydrogens is 330 g/mol.